The topological polar surface area (TPSA) is 71.0 Å². The van der Waals surface area contributed by atoms with Crippen molar-refractivity contribution in [3.63, 3.8) is 0 Å². The molecule has 0 amide bonds. The fraction of sp³-hybridized carbons (Fsp3) is 0.455. The van der Waals surface area contributed by atoms with Crippen LogP contribution in [0.2, 0.25) is 0 Å². The molecule has 0 aromatic heterocycles. The number of benzene rings is 2. The highest BCUT2D eigenvalue weighted by atomic mass is 127. The van der Waals surface area contributed by atoms with Crippen LogP contribution in [0.5, 0.6) is 11.5 Å². The number of nitrogens with one attached hydrogen (secondary N) is 1. The van der Waals surface area contributed by atoms with Crippen molar-refractivity contribution in [3.8, 4) is 11.5 Å². The van der Waals surface area contributed by atoms with Gasteiger partial charge in [0.05, 0.1) is 18.9 Å². The Morgan fingerprint density at radius 1 is 1.21 bits per heavy atom. The van der Waals surface area contributed by atoms with Gasteiger partial charge in [0.1, 0.15) is 30.0 Å². The van der Waals surface area contributed by atoms with Gasteiger partial charge in [-0.15, -0.1) is 0 Å². The van der Waals surface area contributed by atoms with E-state index in [1.807, 2.05) is 12.1 Å². The minimum atomic E-state index is -0.957. The Kier molecular flexibility index (Phi) is 5.90. The lowest BCUT2D eigenvalue weighted by atomic mass is 9.94. The smallest absolute Gasteiger partial charge is 0.146 e. The lowest BCUT2D eigenvalue weighted by Gasteiger charge is -2.28. The first kappa shape index (κ1) is 20.7. The van der Waals surface area contributed by atoms with Gasteiger partial charge in [0.25, 0.3) is 0 Å². The first-order valence-corrected chi connectivity index (χ1v) is 10.8. The monoisotopic (exact) mass is 513 g/mol. The summed E-state index contributed by atoms with van der Waals surface area (Å²) in [6.07, 6.45) is 1.18. The molecule has 0 radical (unpaired) electrons. The van der Waals surface area contributed by atoms with Crippen molar-refractivity contribution in [1.82, 2.24) is 0 Å². The SMILES string of the molecule is COc1cc(Cc2ccc(I)cc2F)c2c(c1)OCC(O)C(O)CC1(CC1)CN2. The van der Waals surface area contributed by atoms with Crippen molar-refractivity contribution in [2.24, 2.45) is 5.41 Å². The Balaban J connectivity index is 1.72. The van der Waals surface area contributed by atoms with Crippen LogP contribution in [0.1, 0.15) is 30.4 Å². The van der Waals surface area contributed by atoms with Crippen molar-refractivity contribution >= 4 is 28.3 Å². The minimum Gasteiger partial charge on any atom is -0.497 e. The van der Waals surface area contributed by atoms with Crippen LogP contribution in [-0.4, -0.2) is 42.7 Å². The lowest BCUT2D eigenvalue weighted by Crippen LogP contribution is -2.36. The van der Waals surface area contributed by atoms with Crippen LogP contribution in [0.15, 0.2) is 30.3 Å². The van der Waals surface area contributed by atoms with E-state index in [1.165, 1.54) is 6.07 Å². The van der Waals surface area contributed by atoms with E-state index in [2.05, 4.69) is 27.9 Å². The molecule has 1 aliphatic heterocycles. The van der Waals surface area contributed by atoms with Gasteiger partial charge in [0.2, 0.25) is 0 Å². The average molecular weight is 513 g/mol. The van der Waals surface area contributed by atoms with E-state index < -0.39 is 12.2 Å². The van der Waals surface area contributed by atoms with E-state index in [0.717, 1.165) is 27.7 Å². The maximum absolute atomic E-state index is 14.5. The Morgan fingerprint density at radius 2 is 2.00 bits per heavy atom. The predicted molar refractivity (Wildman–Crippen MR) is 117 cm³/mol. The molecule has 1 heterocycles. The molecule has 2 aromatic carbocycles. The second-order valence-corrected chi connectivity index (χ2v) is 9.32. The number of hydrogen-bond acceptors (Lipinski definition) is 5. The average Bonchev–Trinajstić information content (AvgIpc) is 3.45. The number of anilines is 1. The van der Waals surface area contributed by atoms with E-state index in [0.29, 0.717) is 36.4 Å². The zero-order valence-corrected chi connectivity index (χ0v) is 18.4. The molecule has 2 unspecified atom stereocenters. The minimum absolute atomic E-state index is 0.0136. The molecule has 3 N–H and O–H groups in total. The molecule has 5 nitrogen and oxygen atoms in total. The molecule has 0 saturated heterocycles. The summed E-state index contributed by atoms with van der Waals surface area (Å²) in [6.45, 7) is 0.651. The van der Waals surface area contributed by atoms with Crippen LogP contribution in [0.4, 0.5) is 10.1 Å². The van der Waals surface area contributed by atoms with Gasteiger partial charge in [-0.1, -0.05) is 6.07 Å². The van der Waals surface area contributed by atoms with Crippen LogP contribution < -0.4 is 14.8 Å². The molecule has 29 heavy (non-hydrogen) atoms. The van der Waals surface area contributed by atoms with Gasteiger partial charge in [0, 0.05) is 22.6 Å². The second-order valence-electron chi connectivity index (χ2n) is 8.08. The van der Waals surface area contributed by atoms with Crippen LogP contribution in [0, 0.1) is 14.8 Å². The second kappa shape index (κ2) is 8.28. The van der Waals surface area contributed by atoms with E-state index in [9.17, 15) is 14.6 Å². The standard InChI is InChI=1S/C22H25FINO4/c1-28-16-7-14(6-13-2-3-15(24)8-17(13)23)21-20(9-16)29-11-19(27)18(26)10-22(4-5-22)12-25-21/h2-3,7-9,18-19,25-27H,4-6,10-12H2,1H3. The summed E-state index contributed by atoms with van der Waals surface area (Å²) in [7, 11) is 1.57. The highest BCUT2D eigenvalue weighted by molar-refractivity contribution is 14.1. The van der Waals surface area contributed by atoms with Crippen molar-refractivity contribution in [3.05, 3.63) is 50.8 Å². The van der Waals surface area contributed by atoms with Crippen LogP contribution in [-0.2, 0) is 6.42 Å². The number of ether oxygens (including phenoxy) is 2. The van der Waals surface area contributed by atoms with E-state index in [-0.39, 0.29) is 17.8 Å². The number of methoxy groups -OCH3 is 1. The van der Waals surface area contributed by atoms with E-state index in [1.54, 1.807) is 19.2 Å². The number of aliphatic hydroxyl groups excluding tert-OH is 2. The molecule has 2 aliphatic rings. The van der Waals surface area contributed by atoms with Gasteiger partial charge in [-0.05, 0) is 76.6 Å². The third-order valence-corrected chi connectivity index (χ3v) is 6.55. The van der Waals surface area contributed by atoms with Crippen LogP contribution in [0.25, 0.3) is 0 Å². The molecule has 7 heteroatoms. The van der Waals surface area contributed by atoms with Gasteiger partial charge < -0.3 is 25.0 Å². The molecule has 0 bridgehead atoms. The summed E-state index contributed by atoms with van der Waals surface area (Å²) >= 11 is 2.09. The fourth-order valence-electron chi connectivity index (χ4n) is 3.86. The van der Waals surface area contributed by atoms with E-state index >= 15 is 0 Å². The highest BCUT2D eigenvalue weighted by Gasteiger charge is 2.45. The van der Waals surface area contributed by atoms with Gasteiger partial charge in [0.15, 0.2) is 0 Å². The third kappa shape index (κ3) is 4.62. The number of aliphatic hydroxyl groups is 2. The lowest BCUT2D eigenvalue weighted by molar-refractivity contribution is -0.0212. The molecule has 1 fully saturated rings. The molecular formula is C22H25FINO4. The summed E-state index contributed by atoms with van der Waals surface area (Å²) in [4.78, 5) is 0. The molecule has 2 aromatic rings. The first-order chi connectivity index (χ1) is 13.9. The van der Waals surface area contributed by atoms with Gasteiger partial charge in [-0.3, -0.25) is 0 Å². The molecule has 1 saturated carbocycles. The van der Waals surface area contributed by atoms with Crippen molar-refractivity contribution in [2.45, 2.75) is 37.9 Å². The highest BCUT2D eigenvalue weighted by Crippen LogP contribution is 2.51. The zero-order chi connectivity index (χ0) is 20.6. The fourth-order valence-corrected chi connectivity index (χ4v) is 4.31. The molecule has 4 rings (SSSR count). The molecule has 1 spiro atoms. The number of rotatable bonds is 3. The predicted octanol–water partition coefficient (Wildman–Crippen LogP) is 3.73. The number of halogens is 2. The first-order valence-electron chi connectivity index (χ1n) is 9.77. The maximum atomic E-state index is 14.5. The summed E-state index contributed by atoms with van der Waals surface area (Å²) in [5.41, 5.74) is 2.24. The zero-order valence-electron chi connectivity index (χ0n) is 16.3. The summed E-state index contributed by atoms with van der Waals surface area (Å²) in [6, 6.07) is 8.86. The summed E-state index contributed by atoms with van der Waals surface area (Å²) in [5.74, 6) is 0.889. The van der Waals surface area contributed by atoms with Crippen molar-refractivity contribution < 1.29 is 24.1 Å². The Morgan fingerprint density at radius 3 is 2.69 bits per heavy atom. The van der Waals surface area contributed by atoms with Crippen LogP contribution >= 0.6 is 22.6 Å². The van der Waals surface area contributed by atoms with Crippen LogP contribution in [0.3, 0.4) is 0 Å². The van der Waals surface area contributed by atoms with Gasteiger partial charge >= 0.3 is 0 Å². The quantitative estimate of drug-likeness (QED) is 0.546. The largest absolute Gasteiger partial charge is 0.497 e. The van der Waals surface area contributed by atoms with Gasteiger partial charge in [-0.2, -0.15) is 0 Å². The van der Waals surface area contributed by atoms with Gasteiger partial charge in [-0.25, -0.2) is 4.39 Å². The molecule has 2 atom stereocenters. The third-order valence-electron chi connectivity index (χ3n) is 5.88. The van der Waals surface area contributed by atoms with E-state index in [4.69, 9.17) is 9.47 Å². The maximum Gasteiger partial charge on any atom is 0.146 e. The molecule has 1 aliphatic carbocycles. The Labute approximate surface area is 183 Å². The van der Waals surface area contributed by atoms with Crippen molar-refractivity contribution in [1.29, 1.82) is 0 Å². The normalized spacial score (nSPS) is 22.9. The Bertz CT molecular complexity index is 903. The van der Waals surface area contributed by atoms with Crippen molar-refractivity contribution in [2.75, 3.05) is 25.6 Å². The molecule has 156 valence electrons. The number of fused-ring (bicyclic) bond motifs is 1. The summed E-state index contributed by atoms with van der Waals surface area (Å²) in [5, 5.41) is 24.1. The summed E-state index contributed by atoms with van der Waals surface area (Å²) < 4.78 is 26.6. The molecular weight excluding hydrogens is 488 g/mol. The Hall–Kier alpha value is -1.58. The number of hydrogen-bond donors (Lipinski definition) is 3.